The second kappa shape index (κ2) is 9.92. The average Bonchev–Trinajstić information content (AvgIpc) is 2.64. The van der Waals surface area contributed by atoms with Crippen molar-refractivity contribution in [3.8, 4) is 5.75 Å². The lowest BCUT2D eigenvalue weighted by Gasteiger charge is -2.28. The van der Waals surface area contributed by atoms with Crippen LogP contribution < -0.4 is 4.74 Å². The van der Waals surface area contributed by atoms with Crippen LogP contribution in [0.4, 0.5) is 18.0 Å². The Labute approximate surface area is 181 Å². The van der Waals surface area contributed by atoms with Gasteiger partial charge in [-0.3, -0.25) is 0 Å². The fourth-order valence-electron chi connectivity index (χ4n) is 2.26. The SMILES string of the molecule is CC(CO[N+](=O)[O-])OC(=O)OCOC(=O)C1=Cc2cc(Cl)cc(Cl)c2O[C@@H]1C(F)(F)F. The molecule has 15 heteroatoms. The molecule has 31 heavy (non-hydrogen) atoms. The van der Waals surface area contributed by atoms with Crippen LogP contribution in [0.1, 0.15) is 12.5 Å². The van der Waals surface area contributed by atoms with Gasteiger partial charge in [0.2, 0.25) is 12.9 Å². The van der Waals surface area contributed by atoms with Crippen LogP contribution in [0.5, 0.6) is 5.75 Å². The first-order chi connectivity index (χ1) is 14.4. The number of hydrogen-bond acceptors (Lipinski definition) is 9. The Kier molecular flexibility index (Phi) is 7.79. The summed E-state index contributed by atoms with van der Waals surface area (Å²) in [5, 5.41) is 8.83. The monoisotopic (exact) mass is 489 g/mol. The molecule has 0 N–H and O–H groups in total. The molecule has 1 aromatic carbocycles. The molecule has 1 heterocycles. The highest BCUT2D eigenvalue weighted by atomic mass is 35.5. The highest BCUT2D eigenvalue weighted by Gasteiger charge is 2.49. The molecule has 2 atom stereocenters. The third kappa shape index (κ3) is 6.79. The zero-order valence-electron chi connectivity index (χ0n) is 15.3. The number of fused-ring (bicyclic) bond motifs is 1. The van der Waals surface area contributed by atoms with E-state index in [-0.39, 0.29) is 21.4 Å². The Hall–Kier alpha value is -2.93. The molecular formula is C16H12Cl2F3NO9. The van der Waals surface area contributed by atoms with Gasteiger partial charge >= 0.3 is 18.3 Å². The van der Waals surface area contributed by atoms with Crippen LogP contribution in [0.3, 0.4) is 0 Å². The molecule has 1 aliphatic heterocycles. The standard InChI is InChI=1S/C16H12Cl2F3NO9/c1-7(5-29-22(25)26)30-15(24)28-6-27-14(23)10-3-8-2-9(17)4-11(18)12(8)31-13(10)16(19,20)21/h2-4,7,13H,5-6H2,1H3/t7?,13-/m0/s1. The Bertz CT molecular complexity index is 907. The fraction of sp³-hybridized carbons (Fsp3) is 0.375. The summed E-state index contributed by atoms with van der Waals surface area (Å²) in [5.74, 6) is -1.82. The molecule has 2 rings (SSSR count). The van der Waals surface area contributed by atoms with E-state index in [0.29, 0.717) is 0 Å². The Morgan fingerprint density at radius 3 is 2.58 bits per heavy atom. The maximum atomic E-state index is 13.4. The van der Waals surface area contributed by atoms with Crippen molar-refractivity contribution in [2.75, 3.05) is 13.4 Å². The summed E-state index contributed by atoms with van der Waals surface area (Å²) < 4.78 is 58.4. The molecule has 0 spiro atoms. The molecule has 1 aliphatic rings. The summed E-state index contributed by atoms with van der Waals surface area (Å²) in [6, 6.07) is 2.40. The summed E-state index contributed by atoms with van der Waals surface area (Å²) >= 11 is 11.7. The van der Waals surface area contributed by atoms with Gasteiger partial charge in [-0.15, -0.1) is 10.1 Å². The van der Waals surface area contributed by atoms with Gasteiger partial charge in [0.15, 0.2) is 0 Å². The minimum absolute atomic E-state index is 0.00453. The maximum absolute atomic E-state index is 13.4. The normalized spacial score (nSPS) is 16.2. The third-order valence-electron chi connectivity index (χ3n) is 3.48. The van der Waals surface area contributed by atoms with Gasteiger partial charge in [-0.1, -0.05) is 23.2 Å². The van der Waals surface area contributed by atoms with E-state index >= 15 is 0 Å². The predicted molar refractivity (Wildman–Crippen MR) is 95.8 cm³/mol. The van der Waals surface area contributed by atoms with Crippen molar-refractivity contribution in [1.29, 1.82) is 0 Å². The van der Waals surface area contributed by atoms with Crippen molar-refractivity contribution in [3.63, 3.8) is 0 Å². The number of carbonyl (C=O) groups is 2. The zero-order valence-corrected chi connectivity index (χ0v) is 16.8. The molecule has 1 unspecified atom stereocenters. The third-order valence-corrected chi connectivity index (χ3v) is 3.98. The molecule has 0 saturated carbocycles. The molecule has 170 valence electrons. The number of ether oxygens (including phenoxy) is 4. The highest BCUT2D eigenvalue weighted by molar-refractivity contribution is 6.36. The Balaban J connectivity index is 2.04. The van der Waals surface area contributed by atoms with Crippen molar-refractivity contribution in [3.05, 3.63) is 43.4 Å². The van der Waals surface area contributed by atoms with Crippen LogP contribution in [0.2, 0.25) is 10.0 Å². The lowest BCUT2D eigenvalue weighted by molar-refractivity contribution is -0.759. The molecule has 1 aromatic rings. The summed E-state index contributed by atoms with van der Waals surface area (Å²) in [7, 11) is 0. The second-order valence-electron chi connectivity index (χ2n) is 5.84. The van der Waals surface area contributed by atoms with E-state index in [2.05, 4.69) is 19.0 Å². The van der Waals surface area contributed by atoms with Crippen molar-refractivity contribution < 1.29 is 51.6 Å². The number of benzene rings is 1. The average molecular weight is 490 g/mol. The molecule has 0 fully saturated rings. The predicted octanol–water partition coefficient (Wildman–Crippen LogP) is 3.95. The van der Waals surface area contributed by atoms with Gasteiger partial charge < -0.3 is 23.8 Å². The van der Waals surface area contributed by atoms with Crippen LogP contribution in [0.25, 0.3) is 6.08 Å². The number of carbonyl (C=O) groups excluding carboxylic acids is 2. The largest absolute Gasteiger partial charge is 0.511 e. The second-order valence-corrected chi connectivity index (χ2v) is 6.68. The van der Waals surface area contributed by atoms with E-state index < -0.39 is 54.6 Å². The van der Waals surface area contributed by atoms with Crippen LogP contribution >= 0.6 is 23.2 Å². The smallest absolute Gasteiger partial charge is 0.474 e. The molecule has 0 amide bonds. The van der Waals surface area contributed by atoms with Gasteiger partial charge in [-0.2, -0.15) is 13.2 Å². The maximum Gasteiger partial charge on any atom is 0.511 e. The van der Waals surface area contributed by atoms with E-state index in [4.69, 9.17) is 27.9 Å². The number of rotatable bonds is 7. The zero-order chi connectivity index (χ0) is 23.3. The number of esters is 1. The van der Waals surface area contributed by atoms with Crippen molar-refractivity contribution >= 4 is 41.4 Å². The lowest BCUT2D eigenvalue weighted by Crippen LogP contribution is -2.41. The van der Waals surface area contributed by atoms with E-state index in [9.17, 15) is 32.9 Å². The summed E-state index contributed by atoms with van der Waals surface area (Å²) in [4.78, 5) is 37.6. The van der Waals surface area contributed by atoms with Gasteiger partial charge in [0.25, 0.3) is 5.09 Å². The topological polar surface area (TPSA) is 123 Å². The first-order valence-corrected chi connectivity index (χ1v) is 8.86. The van der Waals surface area contributed by atoms with E-state index in [1.54, 1.807) is 0 Å². The molecule has 0 radical (unpaired) electrons. The number of hydrogen-bond donors (Lipinski definition) is 0. The van der Waals surface area contributed by atoms with Gasteiger partial charge in [0, 0.05) is 10.6 Å². The van der Waals surface area contributed by atoms with Crippen molar-refractivity contribution in [1.82, 2.24) is 0 Å². The van der Waals surface area contributed by atoms with Crippen molar-refractivity contribution in [2.45, 2.75) is 25.3 Å². The number of halogens is 5. The Morgan fingerprint density at radius 1 is 1.29 bits per heavy atom. The first-order valence-electron chi connectivity index (χ1n) is 8.10. The molecule has 0 saturated heterocycles. The van der Waals surface area contributed by atoms with Gasteiger partial charge in [-0.05, 0) is 25.1 Å². The van der Waals surface area contributed by atoms with Crippen LogP contribution in [0.15, 0.2) is 17.7 Å². The quantitative estimate of drug-likeness (QED) is 0.242. The van der Waals surface area contributed by atoms with Gasteiger partial charge in [0.05, 0.1) is 10.6 Å². The Morgan fingerprint density at radius 2 is 1.97 bits per heavy atom. The van der Waals surface area contributed by atoms with Crippen molar-refractivity contribution in [2.24, 2.45) is 0 Å². The fourth-order valence-corrected chi connectivity index (χ4v) is 2.81. The lowest BCUT2D eigenvalue weighted by atomic mass is 10.0. The highest BCUT2D eigenvalue weighted by Crippen LogP contribution is 2.42. The minimum Gasteiger partial charge on any atom is -0.474 e. The first kappa shape index (κ1) is 24.3. The van der Waals surface area contributed by atoms with E-state index in [0.717, 1.165) is 6.08 Å². The van der Waals surface area contributed by atoms with Crippen LogP contribution in [-0.2, 0) is 23.8 Å². The molecule has 0 aromatic heterocycles. The van der Waals surface area contributed by atoms with E-state index in [1.807, 2.05) is 0 Å². The van der Waals surface area contributed by atoms with Gasteiger partial charge in [0.1, 0.15) is 18.5 Å². The molecular weight excluding hydrogens is 478 g/mol. The minimum atomic E-state index is -5.00. The summed E-state index contributed by atoms with van der Waals surface area (Å²) in [6.45, 7) is -0.460. The number of alkyl halides is 3. The molecule has 10 nitrogen and oxygen atoms in total. The van der Waals surface area contributed by atoms with E-state index in [1.165, 1.54) is 19.1 Å². The van der Waals surface area contributed by atoms with Crippen LogP contribution in [0, 0.1) is 10.1 Å². The molecule has 0 bridgehead atoms. The molecule has 0 aliphatic carbocycles. The summed E-state index contributed by atoms with van der Waals surface area (Å²) in [5.41, 5.74) is -0.937. The van der Waals surface area contributed by atoms with Gasteiger partial charge in [-0.25, -0.2) is 9.59 Å². The number of nitrogens with zero attached hydrogens (tertiary/aromatic N) is 1. The van der Waals surface area contributed by atoms with Crippen LogP contribution in [-0.4, -0.2) is 49.0 Å². The summed E-state index contributed by atoms with van der Waals surface area (Å²) in [6.07, 6.45) is -9.36.